The van der Waals surface area contributed by atoms with E-state index in [2.05, 4.69) is 15.1 Å². The van der Waals surface area contributed by atoms with Crippen LogP contribution in [0.1, 0.15) is 48.2 Å². The first-order valence-corrected chi connectivity index (χ1v) is 10.8. The molecular weight excluding hydrogens is 432 g/mol. The second-order valence-corrected chi connectivity index (χ2v) is 8.76. The van der Waals surface area contributed by atoms with E-state index in [-0.39, 0.29) is 12.0 Å². The number of nitrogens with zero attached hydrogens (tertiary/aromatic N) is 5. The molecule has 0 bridgehead atoms. The zero-order valence-corrected chi connectivity index (χ0v) is 19.5. The number of benzene rings is 1. The third-order valence-corrected chi connectivity index (χ3v) is 6.88. The minimum absolute atomic E-state index is 0.130. The van der Waals surface area contributed by atoms with Crippen LogP contribution in [-0.2, 0) is 4.79 Å². The van der Waals surface area contributed by atoms with E-state index in [1.807, 2.05) is 36.4 Å². The van der Waals surface area contributed by atoms with Crippen LogP contribution in [0.2, 0.25) is 5.02 Å². The van der Waals surface area contributed by atoms with E-state index in [9.17, 15) is 9.90 Å². The summed E-state index contributed by atoms with van der Waals surface area (Å²) in [5.41, 5.74) is 10.3. The maximum absolute atomic E-state index is 11.3. The van der Waals surface area contributed by atoms with Crippen molar-refractivity contribution in [2.24, 2.45) is 0 Å². The van der Waals surface area contributed by atoms with Gasteiger partial charge in [-0.15, -0.1) is 0 Å². The molecule has 0 radical (unpaired) electrons. The van der Waals surface area contributed by atoms with Crippen molar-refractivity contribution in [3.8, 4) is 5.75 Å². The van der Waals surface area contributed by atoms with Crippen LogP contribution in [0.5, 0.6) is 5.75 Å². The Morgan fingerprint density at radius 1 is 1.31 bits per heavy atom. The number of carboxylic acid groups (broad SMARTS) is 1. The number of aromatic nitrogens is 4. The molecule has 2 aromatic heterocycles. The second kappa shape index (κ2) is 8.22. The number of nitrogen functional groups attached to an aromatic ring is 1. The Morgan fingerprint density at radius 2 is 2.00 bits per heavy atom. The molecule has 170 valence electrons. The zero-order chi connectivity index (χ0) is 23.3. The van der Waals surface area contributed by atoms with Crippen molar-refractivity contribution in [1.29, 1.82) is 0 Å². The molecule has 3 N–H and O–H groups in total. The molecule has 10 heteroatoms. The molecular formula is C22H27ClN6O3. The van der Waals surface area contributed by atoms with Gasteiger partial charge < -0.3 is 15.6 Å². The molecule has 0 saturated carbocycles. The number of aryl methyl sites for hydroxylation is 1. The summed E-state index contributed by atoms with van der Waals surface area (Å²) < 4.78 is 7.72. The van der Waals surface area contributed by atoms with Crippen LogP contribution in [0.15, 0.2) is 12.4 Å². The number of anilines is 1. The average molecular weight is 459 g/mol. The molecule has 32 heavy (non-hydrogen) atoms. The monoisotopic (exact) mass is 458 g/mol. The van der Waals surface area contributed by atoms with Gasteiger partial charge in [-0.3, -0.25) is 9.69 Å². The quantitative estimate of drug-likeness (QED) is 0.578. The van der Waals surface area contributed by atoms with Crippen molar-refractivity contribution < 1.29 is 14.6 Å². The number of hydrogen-bond acceptors (Lipinski definition) is 7. The predicted octanol–water partition coefficient (Wildman–Crippen LogP) is 3.17. The van der Waals surface area contributed by atoms with Crippen molar-refractivity contribution >= 4 is 34.4 Å². The number of hydrogen-bond donors (Lipinski definition) is 2. The molecule has 4 rings (SSSR count). The lowest BCUT2D eigenvalue weighted by molar-refractivity contribution is -0.144. The van der Waals surface area contributed by atoms with E-state index in [0.29, 0.717) is 29.6 Å². The Kier molecular flexibility index (Phi) is 5.72. The third kappa shape index (κ3) is 3.45. The standard InChI is InChI=1S/C22H27ClN6O3/c1-10-16(23)6-15(12(3)29-21-18(11(2)27-29)20(24)25-9-26-21)19(32-5)17(10)14-7-28(8-14)13(4)22(30)31/h6,9,12-14H,7-8H2,1-5H3,(H,30,31)(H2,24,25,26)/t12?,13-/m1/s1. The average Bonchev–Trinajstić information content (AvgIpc) is 3.06. The van der Waals surface area contributed by atoms with Crippen LogP contribution in [0.25, 0.3) is 11.0 Å². The van der Waals surface area contributed by atoms with E-state index in [1.54, 1.807) is 14.0 Å². The van der Waals surface area contributed by atoms with Gasteiger partial charge in [0.05, 0.1) is 24.2 Å². The van der Waals surface area contributed by atoms with E-state index in [0.717, 1.165) is 33.5 Å². The number of carboxylic acids is 1. The summed E-state index contributed by atoms with van der Waals surface area (Å²) in [4.78, 5) is 21.8. The molecule has 9 nitrogen and oxygen atoms in total. The number of ether oxygens (including phenoxy) is 1. The van der Waals surface area contributed by atoms with E-state index < -0.39 is 12.0 Å². The summed E-state index contributed by atoms with van der Waals surface area (Å²) in [6.45, 7) is 8.82. The van der Waals surface area contributed by atoms with Crippen molar-refractivity contribution in [3.05, 3.63) is 39.8 Å². The molecule has 1 aromatic carbocycles. The largest absolute Gasteiger partial charge is 0.496 e. The third-order valence-electron chi connectivity index (χ3n) is 6.49. The first-order chi connectivity index (χ1) is 15.1. The second-order valence-electron chi connectivity index (χ2n) is 8.35. The van der Waals surface area contributed by atoms with Gasteiger partial charge in [0, 0.05) is 35.2 Å². The molecule has 3 heterocycles. The summed E-state index contributed by atoms with van der Waals surface area (Å²) in [7, 11) is 1.64. The highest BCUT2D eigenvalue weighted by Gasteiger charge is 2.38. The number of fused-ring (bicyclic) bond motifs is 1. The highest BCUT2D eigenvalue weighted by Crippen LogP contribution is 2.44. The molecule has 0 amide bonds. The molecule has 1 unspecified atom stereocenters. The Labute approximate surface area is 191 Å². The van der Waals surface area contributed by atoms with Crippen molar-refractivity contribution in [2.75, 3.05) is 25.9 Å². The van der Waals surface area contributed by atoms with Gasteiger partial charge in [0.1, 0.15) is 23.9 Å². The van der Waals surface area contributed by atoms with Crippen LogP contribution in [-0.4, -0.2) is 62.0 Å². The fraction of sp³-hybridized carbons (Fsp3) is 0.455. The van der Waals surface area contributed by atoms with Gasteiger partial charge in [-0.1, -0.05) is 11.6 Å². The summed E-state index contributed by atoms with van der Waals surface area (Å²) >= 11 is 6.66. The molecule has 2 atom stereocenters. The predicted molar refractivity (Wildman–Crippen MR) is 122 cm³/mol. The van der Waals surface area contributed by atoms with Crippen molar-refractivity contribution in [3.63, 3.8) is 0 Å². The number of aliphatic carboxylic acids is 1. The SMILES string of the molecule is COc1c(C(C)n2nc(C)c3c(N)ncnc32)cc(Cl)c(C)c1C1CN([C@H](C)C(=O)O)C1. The van der Waals surface area contributed by atoms with Gasteiger partial charge in [-0.2, -0.15) is 5.10 Å². The Hall–Kier alpha value is -2.91. The topological polar surface area (TPSA) is 119 Å². The summed E-state index contributed by atoms with van der Waals surface area (Å²) in [6, 6.07) is 1.15. The summed E-state index contributed by atoms with van der Waals surface area (Å²) in [5, 5.41) is 15.4. The zero-order valence-electron chi connectivity index (χ0n) is 18.8. The maximum atomic E-state index is 11.3. The number of halogens is 1. The lowest BCUT2D eigenvalue weighted by atomic mass is 9.84. The van der Waals surface area contributed by atoms with E-state index in [4.69, 9.17) is 22.1 Å². The molecule has 3 aromatic rings. The van der Waals surface area contributed by atoms with Gasteiger partial charge in [0.25, 0.3) is 0 Å². The highest BCUT2D eigenvalue weighted by atomic mass is 35.5. The van der Waals surface area contributed by atoms with Crippen molar-refractivity contribution in [1.82, 2.24) is 24.6 Å². The maximum Gasteiger partial charge on any atom is 0.320 e. The normalized spacial score (nSPS) is 16.7. The highest BCUT2D eigenvalue weighted by molar-refractivity contribution is 6.31. The number of nitrogens with two attached hydrogens (primary N) is 1. The number of likely N-dealkylation sites (tertiary alicyclic amines) is 1. The summed E-state index contributed by atoms with van der Waals surface area (Å²) in [6.07, 6.45) is 1.43. The molecule has 1 aliphatic rings. The van der Waals surface area contributed by atoms with Gasteiger partial charge in [0.2, 0.25) is 0 Å². The van der Waals surface area contributed by atoms with Crippen LogP contribution in [0, 0.1) is 13.8 Å². The van der Waals surface area contributed by atoms with Gasteiger partial charge >= 0.3 is 5.97 Å². The molecule has 0 aliphatic carbocycles. The van der Waals surface area contributed by atoms with Crippen LogP contribution in [0.3, 0.4) is 0 Å². The van der Waals surface area contributed by atoms with Gasteiger partial charge in [0.15, 0.2) is 5.65 Å². The number of carbonyl (C=O) groups is 1. The first kappa shape index (κ1) is 22.3. The Balaban J connectivity index is 1.78. The van der Waals surface area contributed by atoms with Crippen LogP contribution < -0.4 is 10.5 Å². The van der Waals surface area contributed by atoms with Crippen molar-refractivity contribution in [2.45, 2.75) is 45.7 Å². The van der Waals surface area contributed by atoms with Gasteiger partial charge in [-0.05, 0) is 39.3 Å². The van der Waals surface area contributed by atoms with Crippen LogP contribution in [0.4, 0.5) is 5.82 Å². The number of rotatable bonds is 6. The minimum Gasteiger partial charge on any atom is -0.496 e. The summed E-state index contributed by atoms with van der Waals surface area (Å²) in [5.74, 6) is 0.443. The van der Waals surface area contributed by atoms with E-state index >= 15 is 0 Å². The molecule has 0 spiro atoms. The fourth-order valence-corrected chi connectivity index (χ4v) is 4.75. The Bertz CT molecular complexity index is 1200. The lowest BCUT2D eigenvalue weighted by Gasteiger charge is -2.43. The molecule has 1 fully saturated rings. The van der Waals surface area contributed by atoms with E-state index in [1.165, 1.54) is 6.33 Å². The van der Waals surface area contributed by atoms with Crippen LogP contribution >= 0.6 is 11.6 Å². The fourth-order valence-electron chi connectivity index (χ4n) is 4.53. The lowest BCUT2D eigenvalue weighted by Crippen LogP contribution is -2.52. The number of methoxy groups -OCH3 is 1. The smallest absolute Gasteiger partial charge is 0.320 e. The Morgan fingerprint density at radius 3 is 2.62 bits per heavy atom. The first-order valence-electron chi connectivity index (χ1n) is 10.4. The minimum atomic E-state index is -0.824. The molecule has 1 saturated heterocycles. The van der Waals surface area contributed by atoms with Gasteiger partial charge in [-0.25, -0.2) is 14.6 Å². The molecule has 1 aliphatic heterocycles.